The molecule has 4 nitrogen and oxygen atoms in total. The van der Waals surface area contributed by atoms with E-state index in [9.17, 15) is 4.79 Å². The molecule has 2 heterocycles. The first-order valence-electron chi connectivity index (χ1n) is 6.76. The van der Waals surface area contributed by atoms with E-state index in [2.05, 4.69) is 5.32 Å². The summed E-state index contributed by atoms with van der Waals surface area (Å²) < 4.78 is 12.1. The molecule has 0 radical (unpaired) electrons. The van der Waals surface area contributed by atoms with Gasteiger partial charge >= 0.3 is 0 Å². The van der Waals surface area contributed by atoms with Crippen molar-refractivity contribution in [3.05, 3.63) is 35.2 Å². The van der Waals surface area contributed by atoms with Gasteiger partial charge in [0.05, 0.1) is 24.1 Å². The molecule has 1 aromatic carbocycles. The molecular formula is C15H17NO3S. The molecule has 0 aliphatic carbocycles. The van der Waals surface area contributed by atoms with Gasteiger partial charge in [-0.05, 0) is 24.4 Å². The van der Waals surface area contributed by atoms with E-state index in [0.717, 1.165) is 15.0 Å². The third-order valence-corrected chi connectivity index (χ3v) is 4.49. The Morgan fingerprint density at radius 1 is 1.45 bits per heavy atom. The lowest BCUT2D eigenvalue weighted by Crippen LogP contribution is -2.43. The third-order valence-electron chi connectivity index (χ3n) is 3.37. The number of rotatable bonds is 4. The minimum Gasteiger partial charge on any atom is -0.376 e. The number of ether oxygens (including phenoxy) is 2. The Morgan fingerprint density at radius 3 is 3.10 bits per heavy atom. The summed E-state index contributed by atoms with van der Waals surface area (Å²) in [6.07, 6.45) is -0.0432. The Bertz CT molecular complexity index is 577. The van der Waals surface area contributed by atoms with E-state index in [1.54, 1.807) is 0 Å². The first kappa shape index (κ1) is 13.5. The summed E-state index contributed by atoms with van der Waals surface area (Å²) in [5.74, 6) is -0.0496. The van der Waals surface area contributed by atoms with Crippen LogP contribution in [0.2, 0.25) is 0 Å². The second kappa shape index (κ2) is 5.91. The SMILES string of the molecule is CCO[C@@H]1COC[C@H]1NC(=O)c1cc2ccccc2s1. The molecule has 2 aromatic rings. The van der Waals surface area contributed by atoms with Gasteiger partial charge in [0.2, 0.25) is 0 Å². The van der Waals surface area contributed by atoms with Crippen molar-refractivity contribution in [1.82, 2.24) is 5.32 Å². The van der Waals surface area contributed by atoms with Crippen molar-refractivity contribution in [2.24, 2.45) is 0 Å². The summed E-state index contributed by atoms with van der Waals surface area (Å²) in [6.45, 7) is 3.64. The van der Waals surface area contributed by atoms with Crippen LogP contribution < -0.4 is 5.32 Å². The number of amides is 1. The molecule has 1 aliphatic rings. The van der Waals surface area contributed by atoms with Crippen LogP contribution in [-0.4, -0.2) is 37.9 Å². The lowest BCUT2D eigenvalue weighted by molar-refractivity contribution is 0.0403. The fourth-order valence-electron chi connectivity index (χ4n) is 2.38. The molecule has 2 atom stereocenters. The molecule has 1 saturated heterocycles. The van der Waals surface area contributed by atoms with E-state index >= 15 is 0 Å². The molecule has 1 N–H and O–H groups in total. The summed E-state index contributed by atoms with van der Waals surface area (Å²) in [7, 11) is 0. The number of carbonyl (C=O) groups is 1. The Labute approximate surface area is 121 Å². The first-order valence-corrected chi connectivity index (χ1v) is 7.58. The molecule has 1 amide bonds. The standard InChI is InChI=1S/C15H17NO3S/c1-2-19-12-9-18-8-11(12)16-15(17)14-7-10-5-3-4-6-13(10)20-14/h3-7,11-12H,2,8-9H2,1H3,(H,16,17)/t11-,12-/m1/s1. The fraction of sp³-hybridized carbons (Fsp3) is 0.400. The van der Waals surface area contributed by atoms with E-state index in [4.69, 9.17) is 9.47 Å². The number of benzene rings is 1. The maximum Gasteiger partial charge on any atom is 0.261 e. The lowest BCUT2D eigenvalue weighted by Gasteiger charge is -2.18. The van der Waals surface area contributed by atoms with Crippen LogP contribution in [0.5, 0.6) is 0 Å². The average molecular weight is 291 g/mol. The maximum atomic E-state index is 12.3. The topological polar surface area (TPSA) is 47.6 Å². The van der Waals surface area contributed by atoms with Crippen LogP contribution in [0.4, 0.5) is 0 Å². The van der Waals surface area contributed by atoms with E-state index in [0.29, 0.717) is 19.8 Å². The molecule has 106 valence electrons. The number of hydrogen-bond acceptors (Lipinski definition) is 4. The minimum absolute atomic E-state index is 0.0432. The normalized spacial score (nSPS) is 22.2. The zero-order valence-corrected chi connectivity index (χ0v) is 12.1. The Balaban J connectivity index is 1.72. The van der Waals surface area contributed by atoms with Gasteiger partial charge in [-0.25, -0.2) is 0 Å². The van der Waals surface area contributed by atoms with E-state index in [-0.39, 0.29) is 18.1 Å². The van der Waals surface area contributed by atoms with Crippen molar-refractivity contribution in [2.75, 3.05) is 19.8 Å². The van der Waals surface area contributed by atoms with E-state index in [1.807, 2.05) is 37.3 Å². The molecular weight excluding hydrogens is 274 g/mol. The van der Waals surface area contributed by atoms with Gasteiger partial charge in [-0.15, -0.1) is 11.3 Å². The third kappa shape index (κ3) is 2.70. The largest absolute Gasteiger partial charge is 0.376 e. The predicted octanol–water partition coefficient (Wildman–Crippen LogP) is 2.43. The van der Waals surface area contributed by atoms with Gasteiger partial charge in [0.1, 0.15) is 6.10 Å². The highest BCUT2D eigenvalue weighted by Crippen LogP contribution is 2.25. The number of carbonyl (C=O) groups excluding carboxylic acids is 1. The molecule has 0 bridgehead atoms. The minimum atomic E-state index is -0.0623. The van der Waals surface area contributed by atoms with Crippen LogP contribution in [0.3, 0.4) is 0 Å². The number of hydrogen-bond donors (Lipinski definition) is 1. The van der Waals surface area contributed by atoms with E-state index < -0.39 is 0 Å². The number of thiophene rings is 1. The van der Waals surface area contributed by atoms with Crippen LogP contribution >= 0.6 is 11.3 Å². The molecule has 0 saturated carbocycles. The summed E-state index contributed by atoms with van der Waals surface area (Å²) in [4.78, 5) is 13.0. The van der Waals surface area contributed by atoms with Gasteiger partial charge in [0.25, 0.3) is 5.91 Å². The summed E-state index contributed by atoms with van der Waals surface area (Å²) in [5, 5.41) is 4.12. The van der Waals surface area contributed by atoms with Crippen molar-refractivity contribution in [3.63, 3.8) is 0 Å². The van der Waals surface area contributed by atoms with Gasteiger partial charge < -0.3 is 14.8 Å². The summed E-state index contributed by atoms with van der Waals surface area (Å²) in [5.41, 5.74) is 0. The van der Waals surface area contributed by atoms with Crippen molar-refractivity contribution < 1.29 is 14.3 Å². The Hall–Kier alpha value is -1.43. The van der Waals surface area contributed by atoms with Crippen molar-refractivity contribution >= 4 is 27.3 Å². The van der Waals surface area contributed by atoms with Crippen molar-refractivity contribution in [3.8, 4) is 0 Å². The Kier molecular flexibility index (Phi) is 4.00. The molecule has 0 spiro atoms. The molecule has 1 aliphatic heterocycles. The summed E-state index contributed by atoms with van der Waals surface area (Å²) >= 11 is 1.51. The second-order valence-corrected chi connectivity index (χ2v) is 5.84. The van der Waals surface area contributed by atoms with Crippen LogP contribution in [-0.2, 0) is 9.47 Å². The van der Waals surface area contributed by atoms with Gasteiger partial charge in [-0.3, -0.25) is 4.79 Å². The highest BCUT2D eigenvalue weighted by Gasteiger charge is 2.30. The zero-order valence-electron chi connectivity index (χ0n) is 11.3. The summed E-state index contributed by atoms with van der Waals surface area (Å²) in [6, 6.07) is 9.87. The average Bonchev–Trinajstić information content (AvgIpc) is 3.06. The van der Waals surface area contributed by atoms with Crippen LogP contribution in [0.15, 0.2) is 30.3 Å². The number of nitrogens with one attached hydrogen (secondary N) is 1. The smallest absolute Gasteiger partial charge is 0.261 e. The quantitative estimate of drug-likeness (QED) is 0.941. The van der Waals surface area contributed by atoms with Gasteiger partial charge in [0, 0.05) is 11.3 Å². The highest BCUT2D eigenvalue weighted by atomic mass is 32.1. The molecule has 20 heavy (non-hydrogen) atoms. The molecule has 0 unspecified atom stereocenters. The first-order chi connectivity index (χ1) is 9.78. The predicted molar refractivity (Wildman–Crippen MR) is 79.3 cm³/mol. The van der Waals surface area contributed by atoms with Gasteiger partial charge in [-0.1, -0.05) is 18.2 Å². The van der Waals surface area contributed by atoms with Gasteiger partial charge in [0.15, 0.2) is 0 Å². The molecule has 3 rings (SSSR count). The van der Waals surface area contributed by atoms with Crippen molar-refractivity contribution in [1.29, 1.82) is 0 Å². The second-order valence-electron chi connectivity index (χ2n) is 4.76. The molecule has 1 aromatic heterocycles. The highest BCUT2D eigenvalue weighted by molar-refractivity contribution is 7.20. The van der Waals surface area contributed by atoms with Crippen LogP contribution in [0, 0.1) is 0 Å². The molecule has 5 heteroatoms. The lowest BCUT2D eigenvalue weighted by atomic mass is 10.2. The van der Waals surface area contributed by atoms with Crippen molar-refractivity contribution in [2.45, 2.75) is 19.1 Å². The van der Waals surface area contributed by atoms with E-state index in [1.165, 1.54) is 11.3 Å². The fourth-order valence-corrected chi connectivity index (χ4v) is 3.35. The Morgan fingerprint density at radius 2 is 2.30 bits per heavy atom. The maximum absolute atomic E-state index is 12.3. The van der Waals surface area contributed by atoms with Crippen LogP contribution in [0.25, 0.3) is 10.1 Å². The monoisotopic (exact) mass is 291 g/mol. The zero-order chi connectivity index (χ0) is 13.9. The molecule has 1 fully saturated rings. The van der Waals surface area contributed by atoms with Crippen LogP contribution in [0.1, 0.15) is 16.6 Å². The van der Waals surface area contributed by atoms with Gasteiger partial charge in [-0.2, -0.15) is 0 Å². The number of fused-ring (bicyclic) bond motifs is 1.